The summed E-state index contributed by atoms with van der Waals surface area (Å²) in [5.74, 6) is 0.427. The fourth-order valence-corrected chi connectivity index (χ4v) is 3.21. The number of H-pyrrole nitrogens is 1. The minimum Gasteiger partial charge on any atom is -0.338 e. The van der Waals surface area contributed by atoms with E-state index < -0.39 is 23.5 Å². The number of rotatable bonds is 3. The fraction of sp³-hybridized carbons (Fsp3) is 0.0870. The van der Waals surface area contributed by atoms with Crippen molar-refractivity contribution in [3.63, 3.8) is 0 Å². The van der Waals surface area contributed by atoms with Crippen molar-refractivity contribution in [2.45, 2.75) is 12.4 Å². The second-order valence-electron chi connectivity index (χ2n) is 6.85. The van der Waals surface area contributed by atoms with E-state index in [1.165, 1.54) is 30.3 Å². The normalized spacial score (nSPS) is 12.7. The summed E-state index contributed by atoms with van der Waals surface area (Å²) in [6, 6.07) is 14.7. The van der Waals surface area contributed by atoms with Gasteiger partial charge in [-0.2, -0.15) is 26.3 Å². The molecule has 0 saturated carbocycles. The summed E-state index contributed by atoms with van der Waals surface area (Å²) >= 11 is 0. The lowest BCUT2D eigenvalue weighted by atomic mass is 9.99. The van der Waals surface area contributed by atoms with E-state index in [4.69, 9.17) is 0 Å². The lowest BCUT2D eigenvalue weighted by molar-refractivity contribution is -0.138. The van der Waals surface area contributed by atoms with Crippen LogP contribution in [0.2, 0.25) is 0 Å². The van der Waals surface area contributed by atoms with Crippen LogP contribution >= 0.6 is 0 Å². The summed E-state index contributed by atoms with van der Waals surface area (Å²) in [5, 5.41) is 0. The van der Waals surface area contributed by atoms with Crippen LogP contribution < -0.4 is 0 Å². The van der Waals surface area contributed by atoms with Gasteiger partial charge in [0.15, 0.2) is 0 Å². The number of hydrogen-bond acceptors (Lipinski definition) is 1. The average molecular weight is 432 g/mol. The molecule has 3 aromatic carbocycles. The predicted octanol–water partition coefficient (Wildman–Crippen LogP) is 7.44. The van der Waals surface area contributed by atoms with E-state index in [0.29, 0.717) is 28.0 Å². The summed E-state index contributed by atoms with van der Waals surface area (Å²) in [6.07, 6.45) is -5.69. The van der Waals surface area contributed by atoms with Crippen LogP contribution in [0.25, 0.3) is 34.3 Å². The molecule has 0 saturated heterocycles. The molecule has 1 aromatic heterocycles. The molecule has 0 fully saturated rings. The average Bonchev–Trinajstić information content (AvgIpc) is 3.13. The van der Waals surface area contributed by atoms with Gasteiger partial charge in [-0.3, -0.25) is 0 Å². The molecule has 0 spiro atoms. The maximum absolute atomic E-state index is 13.3. The monoisotopic (exact) mass is 432 g/mol. The molecule has 0 bridgehead atoms. The molecule has 2 nitrogen and oxygen atoms in total. The Hall–Kier alpha value is -3.55. The van der Waals surface area contributed by atoms with Crippen LogP contribution in [0, 0.1) is 0 Å². The molecular formula is C23H14F6N2. The Kier molecular flexibility index (Phi) is 5.08. The summed E-state index contributed by atoms with van der Waals surface area (Å²) in [4.78, 5) is 7.38. The Morgan fingerprint density at radius 2 is 1.45 bits per heavy atom. The molecule has 0 aliphatic heterocycles. The van der Waals surface area contributed by atoms with Crippen molar-refractivity contribution < 1.29 is 26.3 Å². The standard InChI is InChI=1S/C23H14F6N2/c24-22(25,26)16-9-5-14(6-10-16)7-12-21-30-19-11-8-15(13-20(19)31-21)17-3-1-2-4-18(17)23(27,28)29/h1-13H,(H,30,31)/b12-7+. The number of benzene rings is 3. The molecule has 4 rings (SSSR count). The van der Waals surface area contributed by atoms with Crippen molar-refractivity contribution in [1.82, 2.24) is 9.97 Å². The van der Waals surface area contributed by atoms with Gasteiger partial charge in [0.05, 0.1) is 22.2 Å². The number of alkyl halides is 6. The second kappa shape index (κ2) is 7.61. The third-order valence-corrected chi connectivity index (χ3v) is 4.72. The van der Waals surface area contributed by atoms with E-state index in [1.807, 2.05) is 0 Å². The second-order valence-corrected chi connectivity index (χ2v) is 6.85. The van der Waals surface area contributed by atoms with Crippen molar-refractivity contribution in [2.75, 3.05) is 0 Å². The smallest absolute Gasteiger partial charge is 0.338 e. The van der Waals surface area contributed by atoms with Crippen LogP contribution in [0.15, 0.2) is 66.7 Å². The summed E-state index contributed by atoms with van der Waals surface area (Å²) < 4.78 is 77.8. The zero-order chi connectivity index (χ0) is 22.2. The molecule has 0 amide bonds. The van der Waals surface area contributed by atoms with Gasteiger partial charge < -0.3 is 4.98 Å². The predicted molar refractivity (Wildman–Crippen MR) is 107 cm³/mol. The Labute approximate surface area is 172 Å². The first-order valence-electron chi connectivity index (χ1n) is 9.13. The van der Waals surface area contributed by atoms with E-state index in [0.717, 1.165) is 18.2 Å². The first-order valence-corrected chi connectivity index (χ1v) is 9.13. The minimum atomic E-state index is -4.48. The van der Waals surface area contributed by atoms with Crippen LogP contribution in [0.5, 0.6) is 0 Å². The van der Waals surface area contributed by atoms with E-state index in [-0.39, 0.29) is 5.56 Å². The molecule has 158 valence electrons. The zero-order valence-corrected chi connectivity index (χ0v) is 15.7. The van der Waals surface area contributed by atoms with Crippen LogP contribution in [0.1, 0.15) is 22.5 Å². The van der Waals surface area contributed by atoms with Crippen molar-refractivity contribution in [2.24, 2.45) is 0 Å². The van der Waals surface area contributed by atoms with Crippen molar-refractivity contribution in [1.29, 1.82) is 0 Å². The maximum atomic E-state index is 13.3. The SMILES string of the molecule is FC(F)(F)c1ccc(/C=C/c2nc3cc(-c4ccccc4C(F)(F)F)ccc3[nH]2)cc1. The number of hydrogen-bond donors (Lipinski definition) is 1. The lowest BCUT2D eigenvalue weighted by Crippen LogP contribution is -2.06. The van der Waals surface area contributed by atoms with Gasteiger partial charge in [0.1, 0.15) is 5.82 Å². The summed E-state index contributed by atoms with van der Waals surface area (Å²) in [6.45, 7) is 0. The van der Waals surface area contributed by atoms with Crippen molar-refractivity contribution >= 4 is 23.2 Å². The molecule has 1 heterocycles. The van der Waals surface area contributed by atoms with Crippen LogP contribution in [-0.2, 0) is 12.4 Å². The molecule has 8 heteroatoms. The summed E-state index contributed by atoms with van der Waals surface area (Å²) in [5.41, 5.74) is 0.620. The minimum absolute atomic E-state index is 0.0572. The highest BCUT2D eigenvalue weighted by atomic mass is 19.4. The van der Waals surface area contributed by atoms with E-state index in [2.05, 4.69) is 9.97 Å². The van der Waals surface area contributed by atoms with Crippen LogP contribution in [-0.4, -0.2) is 9.97 Å². The molecule has 0 unspecified atom stereocenters. The van der Waals surface area contributed by atoms with Gasteiger partial charge in [0.25, 0.3) is 0 Å². The molecule has 0 aliphatic carbocycles. The Morgan fingerprint density at radius 3 is 2.13 bits per heavy atom. The number of aromatic nitrogens is 2. The van der Waals surface area contributed by atoms with E-state index >= 15 is 0 Å². The summed E-state index contributed by atoms with van der Waals surface area (Å²) in [7, 11) is 0. The highest BCUT2D eigenvalue weighted by molar-refractivity contribution is 5.84. The van der Waals surface area contributed by atoms with Gasteiger partial charge >= 0.3 is 12.4 Å². The van der Waals surface area contributed by atoms with Gasteiger partial charge in [0, 0.05) is 0 Å². The number of imidazole rings is 1. The molecule has 1 N–H and O–H groups in total. The lowest BCUT2D eigenvalue weighted by Gasteiger charge is -2.12. The number of aromatic amines is 1. The van der Waals surface area contributed by atoms with E-state index in [1.54, 1.807) is 30.4 Å². The zero-order valence-electron chi connectivity index (χ0n) is 15.7. The first-order chi connectivity index (χ1) is 14.6. The number of nitrogens with zero attached hydrogens (tertiary/aromatic N) is 1. The topological polar surface area (TPSA) is 28.7 Å². The largest absolute Gasteiger partial charge is 0.417 e. The highest BCUT2D eigenvalue weighted by Crippen LogP contribution is 2.37. The number of nitrogens with one attached hydrogen (secondary N) is 1. The maximum Gasteiger partial charge on any atom is 0.417 e. The molecule has 4 aromatic rings. The molecular weight excluding hydrogens is 418 g/mol. The Bertz CT molecular complexity index is 1250. The third-order valence-electron chi connectivity index (χ3n) is 4.72. The highest BCUT2D eigenvalue weighted by Gasteiger charge is 2.33. The van der Waals surface area contributed by atoms with Gasteiger partial charge in [-0.25, -0.2) is 4.98 Å². The van der Waals surface area contributed by atoms with Crippen LogP contribution in [0.3, 0.4) is 0 Å². The van der Waals surface area contributed by atoms with Gasteiger partial charge in [-0.15, -0.1) is 0 Å². The molecule has 31 heavy (non-hydrogen) atoms. The Morgan fingerprint density at radius 1 is 0.742 bits per heavy atom. The number of fused-ring (bicyclic) bond motifs is 1. The number of halogens is 6. The van der Waals surface area contributed by atoms with E-state index in [9.17, 15) is 26.3 Å². The molecule has 0 aliphatic rings. The van der Waals surface area contributed by atoms with Gasteiger partial charge in [-0.05, 0) is 53.1 Å². The van der Waals surface area contributed by atoms with Crippen molar-refractivity contribution in [3.05, 3.63) is 89.2 Å². The van der Waals surface area contributed by atoms with Crippen molar-refractivity contribution in [3.8, 4) is 11.1 Å². The first kappa shape index (κ1) is 20.7. The Balaban J connectivity index is 1.63. The third kappa shape index (κ3) is 4.47. The van der Waals surface area contributed by atoms with Gasteiger partial charge in [-0.1, -0.05) is 42.5 Å². The van der Waals surface area contributed by atoms with Gasteiger partial charge in [0.2, 0.25) is 0 Å². The quantitative estimate of drug-likeness (QED) is 0.335. The molecule has 0 radical (unpaired) electrons. The fourth-order valence-electron chi connectivity index (χ4n) is 3.21. The molecule has 0 atom stereocenters. The van der Waals surface area contributed by atoms with Crippen LogP contribution in [0.4, 0.5) is 26.3 Å².